The van der Waals surface area contributed by atoms with Crippen molar-refractivity contribution in [3.8, 4) is 11.6 Å². The maximum atomic E-state index is 13.4. The van der Waals surface area contributed by atoms with Crippen molar-refractivity contribution in [1.82, 2.24) is 9.55 Å². The van der Waals surface area contributed by atoms with E-state index in [2.05, 4.69) is 4.98 Å². The lowest BCUT2D eigenvalue weighted by Crippen LogP contribution is -2.25. The van der Waals surface area contributed by atoms with Crippen molar-refractivity contribution < 1.29 is 23.0 Å². The van der Waals surface area contributed by atoms with Gasteiger partial charge in [-0.3, -0.25) is 9.29 Å². The molecule has 0 bridgehead atoms. The van der Waals surface area contributed by atoms with Gasteiger partial charge in [0.2, 0.25) is 15.9 Å². The van der Waals surface area contributed by atoms with E-state index in [4.69, 9.17) is 11.6 Å². The number of hydrogen-bond acceptors (Lipinski definition) is 5. The molecular weight excluding hydrogens is 433 g/mol. The third-order valence-corrected chi connectivity index (χ3v) is 6.53. The van der Waals surface area contributed by atoms with Crippen LogP contribution in [0, 0.1) is 5.82 Å². The lowest BCUT2D eigenvalue weighted by molar-refractivity contribution is 0.425. The highest BCUT2D eigenvalue weighted by Gasteiger charge is 2.26. The minimum absolute atomic E-state index is 0.0601. The van der Waals surface area contributed by atoms with Crippen molar-refractivity contribution >= 4 is 49.0 Å². The topological polar surface area (TPSA) is 95.7 Å². The molecule has 30 heavy (non-hydrogen) atoms. The molecule has 0 amide bonds. The Bertz CT molecular complexity index is 1420. The van der Waals surface area contributed by atoms with Gasteiger partial charge in [-0.2, -0.15) is 0 Å². The van der Waals surface area contributed by atoms with E-state index in [-0.39, 0.29) is 39.8 Å². The molecule has 0 radical (unpaired) electrons. The monoisotopic (exact) mass is 449 g/mol. The first-order valence-corrected chi connectivity index (χ1v) is 11.0. The first-order chi connectivity index (χ1) is 14.1. The Morgan fingerprint density at radius 1 is 1.23 bits per heavy atom. The Morgan fingerprint density at radius 3 is 2.63 bits per heavy atom. The summed E-state index contributed by atoms with van der Waals surface area (Å²) in [6, 6.07) is 7.17. The number of phenols is 1. The van der Waals surface area contributed by atoms with E-state index in [1.54, 1.807) is 12.1 Å². The van der Waals surface area contributed by atoms with Gasteiger partial charge in [0.15, 0.2) is 5.75 Å². The van der Waals surface area contributed by atoms with E-state index in [0.29, 0.717) is 16.3 Å². The lowest BCUT2D eigenvalue weighted by Gasteiger charge is -2.20. The van der Waals surface area contributed by atoms with E-state index in [1.165, 1.54) is 36.1 Å². The highest BCUT2D eigenvalue weighted by Crippen LogP contribution is 2.46. The van der Waals surface area contributed by atoms with Crippen molar-refractivity contribution in [2.75, 3.05) is 17.6 Å². The number of aromatic hydroxyl groups is 2. The van der Waals surface area contributed by atoms with Crippen LogP contribution in [-0.2, 0) is 16.6 Å². The molecule has 156 valence electrons. The number of fused-ring (bicyclic) bond motifs is 2. The molecule has 0 aliphatic rings. The number of phenolic OH excluding ortho intramolecular Hbond substituents is 1. The first-order valence-electron chi connectivity index (χ1n) is 8.79. The van der Waals surface area contributed by atoms with Crippen LogP contribution in [0.25, 0.3) is 21.7 Å². The minimum Gasteiger partial charge on any atom is -0.505 e. The molecule has 2 heterocycles. The van der Waals surface area contributed by atoms with Crippen LogP contribution in [0.4, 0.5) is 10.1 Å². The molecule has 0 atom stereocenters. The number of rotatable bonds is 4. The molecule has 0 saturated heterocycles. The smallest absolute Gasteiger partial charge is 0.232 e. The van der Waals surface area contributed by atoms with Crippen molar-refractivity contribution in [2.24, 2.45) is 0 Å². The fourth-order valence-corrected chi connectivity index (χ4v) is 4.22. The summed E-state index contributed by atoms with van der Waals surface area (Å²) in [5.74, 6) is -1.05. The van der Waals surface area contributed by atoms with Crippen LogP contribution in [-0.4, -0.2) is 41.5 Å². The van der Waals surface area contributed by atoms with Gasteiger partial charge in [0, 0.05) is 35.2 Å². The third kappa shape index (κ3) is 3.20. The molecule has 0 aliphatic carbocycles. The van der Waals surface area contributed by atoms with Gasteiger partial charge in [-0.25, -0.2) is 12.8 Å². The van der Waals surface area contributed by atoms with Crippen LogP contribution < -0.4 is 4.31 Å². The fourth-order valence-electron chi connectivity index (χ4n) is 3.47. The summed E-state index contributed by atoms with van der Waals surface area (Å²) in [7, 11) is -2.27. The Labute approximate surface area is 176 Å². The average Bonchev–Trinajstić information content (AvgIpc) is 3.00. The molecule has 4 aromatic rings. The van der Waals surface area contributed by atoms with Crippen LogP contribution in [0.1, 0.15) is 5.56 Å². The molecule has 0 unspecified atom stereocenters. The second-order valence-corrected chi connectivity index (χ2v) is 9.35. The van der Waals surface area contributed by atoms with E-state index >= 15 is 0 Å². The van der Waals surface area contributed by atoms with Crippen molar-refractivity contribution in [1.29, 1.82) is 0 Å². The molecule has 0 aliphatic heterocycles. The second-order valence-electron chi connectivity index (χ2n) is 6.93. The summed E-state index contributed by atoms with van der Waals surface area (Å²) >= 11 is 6.11. The summed E-state index contributed by atoms with van der Waals surface area (Å²) in [5.41, 5.74) is 0.963. The Kier molecular flexibility index (Phi) is 4.74. The second kappa shape index (κ2) is 7.03. The van der Waals surface area contributed by atoms with Gasteiger partial charge in [-0.05, 0) is 29.8 Å². The van der Waals surface area contributed by atoms with Crippen LogP contribution in [0.5, 0.6) is 11.6 Å². The average molecular weight is 450 g/mol. The fraction of sp³-hybridized carbons (Fsp3) is 0.150. The summed E-state index contributed by atoms with van der Waals surface area (Å²) in [6.07, 6.45) is 4.04. The van der Waals surface area contributed by atoms with Crippen LogP contribution in [0.15, 0.2) is 42.7 Å². The van der Waals surface area contributed by atoms with Crippen LogP contribution in [0.2, 0.25) is 5.02 Å². The van der Waals surface area contributed by atoms with Gasteiger partial charge in [0.05, 0.1) is 23.9 Å². The molecule has 7 nitrogen and oxygen atoms in total. The van der Waals surface area contributed by atoms with Gasteiger partial charge in [0.25, 0.3) is 0 Å². The highest BCUT2D eigenvalue weighted by atomic mass is 35.5. The zero-order valence-corrected chi connectivity index (χ0v) is 17.5. The number of hydrogen-bond donors (Lipinski definition) is 2. The molecule has 0 fully saturated rings. The standard InChI is InChI=1S/C20H17ClFN3O4S/c1-24(30(2,28)29)18-13-4-3-7-23-17(13)19(26)16-14(18)10-25(20(16)27)9-11-5-6-12(22)8-15(11)21/h3-8,10,26-27H,9H2,1-2H3. The molecule has 2 aromatic carbocycles. The molecule has 0 saturated carbocycles. The normalized spacial score (nSPS) is 12.0. The first kappa shape index (κ1) is 20.2. The van der Waals surface area contributed by atoms with E-state index in [9.17, 15) is 23.0 Å². The maximum absolute atomic E-state index is 13.4. The Balaban J connectivity index is 2.04. The molecular formula is C20H17ClFN3O4S. The van der Waals surface area contributed by atoms with Gasteiger partial charge >= 0.3 is 0 Å². The summed E-state index contributed by atoms with van der Waals surface area (Å²) in [5, 5.41) is 22.6. The molecule has 2 aromatic heterocycles. The van der Waals surface area contributed by atoms with Gasteiger partial charge in [-0.1, -0.05) is 17.7 Å². The van der Waals surface area contributed by atoms with Gasteiger partial charge in [0.1, 0.15) is 11.3 Å². The maximum Gasteiger partial charge on any atom is 0.232 e. The number of anilines is 1. The quantitative estimate of drug-likeness (QED) is 0.493. The third-order valence-electron chi connectivity index (χ3n) is 5.00. The lowest BCUT2D eigenvalue weighted by atomic mass is 10.1. The van der Waals surface area contributed by atoms with Gasteiger partial charge < -0.3 is 14.8 Å². The van der Waals surface area contributed by atoms with Crippen molar-refractivity contribution in [3.63, 3.8) is 0 Å². The number of nitrogens with zero attached hydrogens (tertiary/aromatic N) is 3. The van der Waals surface area contributed by atoms with E-state index < -0.39 is 15.8 Å². The minimum atomic E-state index is -3.66. The van der Waals surface area contributed by atoms with Crippen LogP contribution in [0.3, 0.4) is 0 Å². The zero-order valence-electron chi connectivity index (χ0n) is 16.0. The predicted molar refractivity (Wildman–Crippen MR) is 114 cm³/mol. The van der Waals surface area contributed by atoms with Crippen molar-refractivity contribution in [2.45, 2.75) is 6.54 Å². The SMILES string of the molecule is CN(c1c2cccnc2c(O)c2c(O)n(Cc3ccc(F)cc3Cl)cc12)S(C)(=O)=O. The number of aromatic nitrogens is 2. The summed E-state index contributed by atoms with van der Waals surface area (Å²) in [4.78, 5) is 4.16. The predicted octanol–water partition coefficient (Wildman–Crippen LogP) is 3.84. The number of sulfonamides is 1. The molecule has 2 N–H and O–H groups in total. The largest absolute Gasteiger partial charge is 0.505 e. The van der Waals surface area contributed by atoms with E-state index in [0.717, 1.165) is 16.6 Å². The van der Waals surface area contributed by atoms with Gasteiger partial charge in [-0.15, -0.1) is 0 Å². The highest BCUT2D eigenvalue weighted by molar-refractivity contribution is 7.92. The Hall–Kier alpha value is -3.04. The van der Waals surface area contributed by atoms with E-state index in [1.807, 2.05) is 0 Å². The number of pyridine rings is 1. The van der Waals surface area contributed by atoms with Crippen LogP contribution >= 0.6 is 11.6 Å². The number of benzene rings is 2. The summed E-state index contributed by atoms with van der Waals surface area (Å²) in [6.45, 7) is 0.0743. The Morgan fingerprint density at radius 2 is 1.97 bits per heavy atom. The number of halogens is 2. The summed E-state index contributed by atoms with van der Waals surface area (Å²) < 4.78 is 40.4. The molecule has 0 spiro atoms. The molecule has 4 rings (SSSR count). The zero-order chi connectivity index (χ0) is 21.8. The van der Waals surface area contributed by atoms with Crippen molar-refractivity contribution in [3.05, 3.63) is 59.1 Å². The molecule has 10 heteroatoms.